The van der Waals surface area contributed by atoms with E-state index in [4.69, 9.17) is 17.0 Å². The second-order valence-corrected chi connectivity index (χ2v) is 3.05. The van der Waals surface area contributed by atoms with E-state index in [0.717, 1.165) is 31.4 Å². The summed E-state index contributed by atoms with van der Waals surface area (Å²) in [4.78, 5) is 4.25. The first-order valence-corrected chi connectivity index (χ1v) is 4.15. The Morgan fingerprint density at radius 2 is 2.27 bits per heavy atom. The zero-order valence-corrected chi connectivity index (χ0v) is 7.86. The van der Waals surface area contributed by atoms with Gasteiger partial charge in [0.05, 0.1) is 6.61 Å². The number of hydrogen-bond acceptors (Lipinski definition) is 2. The first-order valence-electron chi connectivity index (χ1n) is 3.74. The van der Waals surface area contributed by atoms with Crippen molar-refractivity contribution >= 4 is 17.3 Å². The van der Waals surface area contributed by atoms with Gasteiger partial charge in [-0.05, 0) is 12.2 Å². The maximum Gasteiger partial charge on any atom is 0.171 e. The van der Waals surface area contributed by atoms with Gasteiger partial charge in [-0.25, -0.2) is 0 Å². The van der Waals surface area contributed by atoms with E-state index in [2.05, 4.69) is 9.80 Å². The summed E-state index contributed by atoms with van der Waals surface area (Å²) in [6.07, 6.45) is 0. The van der Waals surface area contributed by atoms with Gasteiger partial charge in [0.2, 0.25) is 0 Å². The van der Waals surface area contributed by atoms with Gasteiger partial charge in [0.25, 0.3) is 0 Å². The number of methoxy groups -OCH3 is 1. The molecule has 0 unspecified atom stereocenters. The van der Waals surface area contributed by atoms with E-state index >= 15 is 0 Å². The van der Waals surface area contributed by atoms with E-state index in [1.54, 1.807) is 7.11 Å². The summed E-state index contributed by atoms with van der Waals surface area (Å²) in [5, 5.41) is 0.946. The Balaban J connectivity index is 2.30. The lowest BCUT2D eigenvalue weighted by molar-refractivity contribution is 0.180. The molecule has 1 aliphatic rings. The molecule has 1 rings (SSSR count). The molecule has 0 atom stereocenters. The molecule has 0 N–H and O–H groups in total. The van der Waals surface area contributed by atoms with Crippen LogP contribution in [0.25, 0.3) is 0 Å². The normalized spacial score (nSPS) is 18.2. The van der Waals surface area contributed by atoms with Crippen molar-refractivity contribution in [3.8, 4) is 0 Å². The molecular formula is C7H14N2OS. The van der Waals surface area contributed by atoms with Crippen LogP contribution < -0.4 is 0 Å². The third-order valence-electron chi connectivity index (χ3n) is 1.87. The van der Waals surface area contributed by atoms with E-state index in [9.17, 15) is 0 Å². The smallest absolute Gasteiger partial charge is 0.171 e. The van der Waals surface area contributed by atoms with Gasteiger partial charge in [-0.3, -0.25) is 0 Å². The number of thiocarbonyl (C=S) groups is 1. The summed E-state index contributed by atoms with van der Waals surface area (Å²) < 4.78 is 4.97. The quantitative estimate of drug-likeness (QED) is 0.566. The average Bonchev–Trinajstić information content (AvgIpc) is 2.31. The second-order valence-electron chi connectivity index (χ2n) is 2.68. The molecule has 0 bridgehead atoms. The molecular weight excluding hydrogens is 160 g/mol. The van der Waals surface area contributed by atoms with Gasteiger partial charge >= 0.3 is 0 Å². The second kappa shape index (κ2) is 3.88. The fourth-order valence-corrected chi connectivity index (χ4v) is 1.39. The lowest BCUT2D eigenvalue weighted by atomic mass is 10.5. The van der Waals surface area contributed by atoms with Crippen LogP contribution in [-0.4, -0.2) is 55.3 Å². The zero-order chi connectivity index (χ0) is 8.27. The minimum atomic E-state index is 0.758. The highest BCUT2D eigenvalue weighted by Gasteiger charge is 2.20. The Morgan fingerprint density at radius 1 is 1.55 bits per heavy atom. The Hall–Kier alpha value is -0.350. The van der Waals surface area contributed by atoms with Crippen molar-refractivity contribution in [1.29, 1.82) is 0 Å². The van der Waals surface area contributed by atoms with E-state index in [-0.39, 0.29) is 0 Å². The largest absolute Gasteiger partial charge is 0.383 e. The zero-order valence-electron chi connectivity index (χ0n) is 7.04. The van der Waals surface area contributed by atoms with Crippen molar-refractivity contribution < 1.29 is 4.74 Å². The van der Waals surface area contributed by atoms with E-state index in [0.29, 0.717) is 0 Å². The lowest BCUT2D eigenvalue weighted by Crippen LogP contribution is -2.31. The number of hydrogen-bond donors (Lipinski definition) is 0. The highest BCUT2D eigenvalue weighted by Crippen LogP contribution is 2.05. The molecule has 0 aromatic carbocycles. The SMILES string of the molecule is COCCN1CCN(C)C1=S. The fraction of sp³-hybridized carbons (Fsp3) is 0.857. The van der Waals surface area contributed by atoms with Gasteiger partial charge in [-0.1, -0.05) is 0 Å². The highest BCUT2D eigenvalue weighted by molar-refractivity contribution is 7.80. The van der Waals surface area contributed by atoms with Crippen LogP contribution in [0.15, 0.2) is 0 Å². The predicted octanol–water partition coefficient (Wildman–Crippen LogP) is 0.165. The monoisotopic (exact) mass is 174 g/mol. The number of nitrogens with zero attached hydrogens (tertiary/aromatic N) is 2. The molecule has 0 aromatic heterocycles. The third-order valence-corrected chi connectivity index (χ3v) is 2.44. The molecule has 1 fully saturated rings. The van der Waals surface area contributed by atoms with Crippen LogP contribution in [0.2, 0.25) is 0 Å². The third kappa shape index (κ3) is 2.04. The molecule has 1 aliphatic heterocycles. The molecule has 4 heteroatoms. The molecule has 0 spiro atoms. The number of ether oxygens (including phenoxy) is 1. The van der Waals surface area contributed by atoms with Crippen LogP contribution in [0.3, 0.4) is 0 Å². The van der Waals surface area contributed by atoms with Crippen molar-refractivity contribution in [1.82, 2.24) is 9.80 Å². The summed E-state index contributed by atoms with van der Waals surface area (Å²) in [5.74, 6) is 0. The van der Waals surface area contributed by atoms with Crippen LogP contribution in [-0.2, 0) is 4.74 Å². The van der Waals surface area contributed by atoms with E-state index < -0.39 is 0 Å². The van der Waals surface area contributed by atoms with Gasteiger partial charge < -0.3 is 14.5 Å². The fourth-order valence-electron chi connectivity index (χ4n) is 1.11. The Kier molecular flexibility index (Phi) is 3.08. The van der Waals surface area contributed by atoms with Crippen LogP contribution in [0, 0.1) is 0 Å². The topological polar surface area (TPSA) is 15.7 Å². The summed E-state index contributed by atoms with van der Waals surface area (Å²) in [6.45, 7) is 3.76. The van der Waals surface area contributed by atoms with Crippen molar-refractivity contribution in [3.63, 3.8) is 0 Å². The number of rotatable bonds is 3. The van der Waals surface area contributed by atoms with Crippen molar-refractivity contribution in [2.24, 2.45) is 0 Å². The standard InChI is InChI=1S/C7H14N2OS/c1-8-3-4-9(7(8)11)5-6-10-2/h3-6H2,1-2H3. The first kappa shape index (κ1) is 8.74. The molecule has 0 aliphatic carbocycles. The summed E-state index contributed by atoms with van der Waals surface area (Å²) in [6, 6.07) is 0. The van der Waals surface area contributed by atoms with Crippen LogP contribution in [0.5, 0.6) is 0 Å². The number of likely N-dealkylation sites (N-methyl/N-ethyl adjacent to an activating group) is 1. The molecule has 0 radical (unpaired) electrons. The van der Waals surface area contributed by atoms with Crippen molar-refractivity contribution in [3.05, 3.63) is 0 Å². The Morgan fingerprint density at radius 3 is 2.73 bits per heavy atom. The van der Waals surface area contributed by atoms with Crippen molar-refractivity contribution in [2.45, 2.75) is 0 Å². The maximum atomic E-state index is 5.17. The molecule has 11 heavy (non-hydrogen) atoms. The average molecular weight is 174 g/mol. The van der Waals surface area contributed by atoms with Crippen LogP contribution >= 0.6 is 12.2 Å². The summed E-state index contributed by atoms with van der Waals surface area (Å²) in [7, 11) is 3.73. The van der Waals surface area contributed by atoms with Gasteiger partial charge in [0.1, 0.15) is 0 Å². The summed E-state index contributed by atoms with van der Waals surface area (Å²) in [5.41, 5.74) is 0. The predicted molar refractivity (Wildman–Crippen MR) is 48.7 cm³/mol. The minimum Gasteiger partial charge on any atom is -0.383 e. The van der Waals surface area contributed by atoms with Gasteiger partial charge in [0.15, 0.2) is 5.11 Å². The van der Waals surface area contributed by atoms with Gasteiger partial charge in [0, 0.05) is 33.8 Å². The molecule has 1 heterocycles. The lowest BCUT2D eigenvalue weighted by Gasteiger charge is -2.17. The molecule has 1 saturated heterocycles. The van der Waals surface area contributed by atoms with E-state index in [1.807, 2.05) is 7.05 Å². The molecule has 0 saturated carbocycles. The molecule has 0 aromatic rings. The maximum absolute atomic E-state index is 5.17. The minimum absolute atomic E-state index is 0.758. The van der Waals surface area contributed by atoms with Crippen LogP contribution in [0.1, 0.15) is 0 Å². The molecule has 0 amide bonds. The molecule has 64 valence electrons. The van der Waals surface area contributed by atoms with Crippen LogP contribution in [0.4, 0.5) is 0 Å². The Labute approximate surface area is 72.9 Å². The Bertz CT molecular complexity index is 151. The van der Waals surface area contributed by atoms with E-state index in [1.165, 1.54) is 0 Å². The van der Waals surface area contributed by atoms with Gasteiger partial charge in [-0.2, -0.15) is 0 Å². The molecule has 3 nitrogen and oxygen atoms in total. The summed E-state index contributed by atoms with van der Waals surface area (Å²) >= 11 is 5.17. The highest BCUT2D eigenvalue weighted by atomic mass is 32.1. The first-order chi connectivity index (χ1) is 5.25. The van der Waals surface area contributed by atoms with Crippen molar-refractivity contribution in [2.75, 3.05) is 40.4 Å². The van der Waals surface area contributed by atoms with Gasteiger partial charge in [-0.15, -0.1) is 0 Å².